The number of hydrogen-bond donors (Lipinski definition) is 0. The van der Waals surface area contributed by atoms with Crippen molar-refractivity contribution in [2.75, 3.05) is 13.1 Å². The number of unbranched alkanes of at least 4 members (excludes halogenated alkanes) is 4. The third-order valence-corrected chi connectivity index (χ3v) is 5.91. The van der Waals surface area contributed by atoms with Gasteiger partial charge >= 0.3 is 0 Å². The maximum atomic E-state index is 13.7. The van der Waals surface area contributed by atoms with E-state index in [0.29, 0.717) is 0 Å². The fourth-order valence-electron chi connectivity index (χ4n) is 3.74. The van der Waals surface area contributed by atoms with Crippen molar-refractivity contribution in [3.63, 3.8) is 0 Å². The van der Waals surface area contributed by atoms with Crippen LogP contribution in [0.1, 0.15) is 62.7 Å². The molecule has 0 bridgehead atoms. The summed E-state index contributed by atoms with van der Waals surface area (Å²) >= 11 is 3.55. The van der Waals surface area contributed by atoms with E-state index in [1.54, 1.807) is 0 Å². The number of pyridine rings is 1. The van der Waals surface area contributed by atoms with Crippen molar-refractivity contribution in [3.05, 3.63) is 64.6 Å². The summed E-state index contributed by atoms with van der Waals surface area (Å²) in [6.07, 6.45) is 6.71. The summed E-state index contributed by atoms with van der Waals surface area (Å²) in [5.41, 5.74) is 3.46. The highest BCUT2D eigenvalue weighted by atomic mass is 79.9. The van der Waals surface area contributed by atoms with Gasteiger partial charge in [0.2, 0.25) is 0 Å². The normalized spacial score (nSPS) is 11.0. The SMILES string of the molecule is CCCCCN(CCCCC)C(=O)c1cc(-c2cccc(Br)c2)nc2ccccc12. The second-order valence-corrected chi connectivity index (χ2v) is 8.70. The molecule has 4 heteroatoms. The summed E-state index contributed by atoms with van der Waals surface area (Å²) in [5.74, 6) is 0.122. The van der Waals surface area contributed by atoms with Crippen LogP contribution in [0.25, 0.3) is 22.2 Å². The molecule has 0 aliphatic heterocycles. The largest absolute Gasteiger partial charge is 0.339 e. The molecular weight excluding hydrogens is 436 g/mol. The Morgan fingerprint density at radius 1 is 0.900 bits per heavy atom. The van der Waals surface area contributed by atoms with Gasteiger partial charge in [0.25, 0.3) is 5.91 Å². The molecule has 1 heterocycles. The summed E-state index contributed by atoms with van der Waals surface area (Å²) < 4.78 is 1.00. The third-order valence-electron chi connectivity index (χ3n) is 5.42. The quantitative estimate of drug-likeness (QED) is 0.290. The molecule has 3 aromatic rings. The number of fused-ring (bicyclic) bond motifs is 1. The lowest BCUT2D eigenvalue weighted by Gasteiger charge is -2.24. The maximum Gasteiger partial charge on any atom is 0.254 e. The van der Waals surface area contributed by atoms with Crippen molar-refractivity contribution in [1.29, 1.82) is 0 Å². The molecule has 0 saturated heterocycles. The van der Waals surface area contributed by atoms with Gasteiger partial charge in [-0.2, -0.15) is 0 Å². The standard InChI is InChI=1S/C26H31BrN2O/c1-3-5-9-16-29(17-10-6-4-2)26(30)23-19-25(20-12-11-13-21(27)18-20)28-24-15-8-7-14-22(23)24/h7-8,11-15,18-19H,3-6,9-10,16-17H2,1-2H3. The molecule has 0 atom stereocenters. The van der Waals surface area contributed by atoms with Crippen molar-refractivity contribution in [3.8, 4) is 11.3 Å². The first-order chi connectivity index (χ1) is 14.6. The monoisotopic (exact) mass is 466 g/mol. The minimum absolute atomic E-state index is 0.122. The molecule has 0 saturated carbocycles. The predicted molar refractivity (Wildman–Crippen MR) is 130 cm³/mol. The van der Waals surface area contributed by atoms with Gasteiger partial charge < -0.3 is 4.90 Å². The lowest BCUT2D eigenvalue weighted by Crippen LogP contribution is -2.33. The number of rotatable bonds is 10. The van der Waals surface area contributed by atoms with Gasteiger partial charge in [-0.05, 0) is 37.1 Å². The second kappa shape index (κ2) is 11.3. The highest BCUT2D eigenvalue weighted by Crippen LogP contribution is 2.27. The minimum atomic E-state index is 0.122. The molecule has 1 amide bonds. The number of carbonyl (C=O) groups is 1. The zero-order chi connectivity index (χ0) is 21.3. The first kappa shape index (κ1) is 22.5. The van der Waals surface area contributed by atoms with Crippen LogP contribution in [0.5, 0.6) is 0 Å². The average Bonchev–Trinajstić information content (AvgIpc) is 2.77. The number of para-hydroxylation sites is 1. The fraction of sp³-hybridized carbons (Fsp3) is 0.385. The van der Waals surface area contributed by atoms with E-state index in [0.717, 1.165) is 83.8 Å². The minimum Gasteiger partial charge on any atom is -0.339 e. The van der Waals surface area contributed by atoms with Gasteiger partial charge in [-0.1, -0.05) is 85.8 Å². The van der Waals surface area contributed by atoms with Crippen LogP contribution < -0.4 is 0 Å². The van der Waals surface area contributed by atoms with Crippen molar-refractivity contribution >= 4 is 32.7 Å². The molecule has 158 valence electrons. The van der Waals surface area contributed by atoms with Crippen LogP contribution in [-0.2, 0) is 0 Å². The molecule has 1 aromatic heterocycles. The summed E-state index contributed by atoms with van der Waals surface area (Å²) in [4.78, 5) is 20.6. The molecule has 30 heavy (non-hydrogen) atoms. The Kier molecular flexibility index (Phi) is 8.44. The maximum absolute atomic E-state index is 13.7. The lowest BCUT2D eigenvalue weighted by atomic mass is 10.0. The average molecular weight is 467 g/mol. The van der Waals surface area contributed by atoms with E-state index in [4.69, 9.17) is 4.98 Å². The van der Waals surface area contributed by atoms with Crippen LogP contribution in [0.15, 0.2) is 59.1 Å². The van der Waals surface area contributed by atoms with Crippen molar-refractivity contribution < 1.29 is 4.79 Å². The molecule has 0 unspecified atom stereocenters. The Labute approximate surface area is 188 Å². The molecule has 0 aliphatic rings. The van der Waals surface area contributed by atoms with E-state index >= 15 is 0 Å². The lowest BCUT2D eigenvalue weighted by molar-refractivity contribution is 0.0751. The number of amides is 1. The number of carbonyl (C=O) groups excluding carboxylic acids is 1. The van der Waals surface area contributed by atoms with Gasteiger partial charge in [0.05, 0.1) is 16.8 Å². The number of aromatic nitrogens is 1. The van der Waals surface area contributed by atoms with E-state index in [1.165, 1.54) is 0 Å². The van der Waals surface area contributed by atoms with Crippen molar-refractivity contribution in [2.45, 2.75) is 52.4 Å². The molecular formula is C26H31BrN2O. The molecule has 0 aliphatic carbocycles. The number of benzene rings is 2. The Morgan fingerprint density at radius 2 is 1.60 bits per heavy atom. The molecule has 2 aromatic carbocycles. The van der Waals surface area contributed by atoms with Gasteiger partial charge in [0.1, 0.15) is 0 Å². The number of halogens is 1. The zero-order valence-corrected chi connectivity index (χ0v) is 19.6. The van der Waals surface area contributed by atoms with Crippen molar-refractivity contribution in [2.24, 2.45) is 0 Å². The van der Waals surface area contributed by atoms with Crippen LogP contribution >= 0.6 is 15.9 Å². The summed E-state index contributed by atoms with van der Waals surface area (Å²) in [6.45, 7) is 6.03. The predicted octanol–water partition coefficient (Wildman–Crippen LogP) is 7.49. The highest BCUT2D eigenvalue weighted by molar-refractivity contribution is 9.10. The third kappa shape index (κ3) is 5.69. The fourth-order valence-corrected chi connectivity index (χ4v) is 4.14. The molecule has 3 rings (SSSR count). The van der Waals surface area contributed by atoms with Crippen molar-refractivity contribution in [1.82, 2.24) is 9.88 Å². The molecule has 0 radical (unpaired) electrons. The number of nitrogens with zero attached hydrogens (tertiary/aromatic N) is 2. The summed E-state index contributed by atoms with van der Waals surface area (Å²) in [6, 6.07) is 18.0. The van der Waals surface area contributed by atoms with Crippen LogP contribution in [-0.4, -0.2) is 28.9 Å². The summed E-state index contributed by atoms with van der Waals surface area (Å²) in [5, 5.41) is 0.928. The molecule has 3 nitrogen and oxygen atoms in total. The van der Waals surface area contributed by atoms with Gasteiger partial charge in [-0.25, -0.2) is 4.98 Å². The Balaban J connectivity index is 2.01. The van der Waals surface area contributed by atoms with E-state index in [2.05, 4.69) is 34.7 Å². The first-order valence-electron chi connectivity index (χ1n) is 11.1. The van der Waals surface area contributed by atoms with Crippen LogP contribution in [0.2, 0.25) is 0 Å². The molecule has 0 fully saturated rings. The first-order valence-corrected chi connectivity index (χ1v) is 11.9. The molecule has 0 N–H and O–H groups in total. The van der Waals surface area contributed by atoms with Crippen LogP contribution in [0.3, 0.4) is 0 Å². The topological polar surface area (TPSA) is 33.2 Å². The Bertz CT molecular complexity index is 976. The Hall–Kier alpha value is -2.20. The van der Waals surface area contributed by atoms with E-state index in [-0.39, 0.29) is 5.91 Å². The van der Waals surface area contributed by atoms with Crippen LogP contribution in [0, 0.1) is 0 Å². The van der Waals surface area contributed by atoms with E-state index < -0.39 is 0 Å². The smallest absolute Gasteiger partial charge is 0.254 e. The van der Waals surface area contributed by atoms with Gasteiger partial charge in [0.15, 0.2) is 0 Å². The number of hydrogen-bond acceptors (Lipinski definition) is 2. The van der Waals surface area contributed by atoms with Crippen LogP contribution in [0.4, 0.5) is 0 Å². The second-order valence-electron chi connectivity index (χ2n) is 7.79. The highest BCUT2D eigenvalue weighted by Gasteiger charge is 2.19. The van der Waals surface area contributed by atoms with E-state index in [1.807, 2.05) is 54.6 Å². The van der Waals surface area contributed by atoms with Gasteiger partial charge in [0, 0.05) is 28.5 Å². The molecule has 0 spiro atoms. The summed E-state index contributed by atoms with van der Waals surface area (Å²) in [7, 11) is 0. The zero-order valence-electron chi connectivity index (χ0n) is 18.0. The Morgan fingerprint density at radius 3 is 2.27 bits per heavy atom. The van der Waals surface area contributed by atoms with Gasteiger partial charge in [-0.15, -0.1) is 0 Å². The van der Waals surface area contributed by atoms with E-state index in [9.17, 15) is 4.79 Å². The van der Waals surface area contributed by atoms with Gasteiger partial charge in [-0.3, -0.25) is 4.79 Å².